The van der Waals surface area contributed by atoms with Crippen molar-refractivity contribution in [1.29, 1.82) is 0 Å². The molecule has 2 saturated heterocycles. The van der Waals surface area contributed by atoms with Gasteiger partial charge in [-0.25, -0.2) is 9.59 Å². The topological polar surface area (TPSA) is 179 Å². The molecule has 0 bridgehead atoms. The Bertz CT molecular complexity index is 786. The third kappa shape index (κ3) is 5.35. The number of nitrogens with zero attached hydrogens (tertiary/aromatic N) is 2. The molecule has 0 spiro atoms. The Morgan fingerprint density at radius 2 is 1.62 bits per heavy atom. The summed E-state index contributed by atoms with van der Waals surface area (Å²) >= 11 is 0. The number of ether oxygens (including phenoxy) is 2. The summed E-state index contributed by atoms with van der Waals surface area (Å²) in [6, 6.07) is -0.746. The second-order valence-electron chi connectivity index (χ2n) is 7.89. The largest absolute Gasteiger partial charge is 0.467 e. The number of amides is 4. The van der Waals surface area contributed by atoms with E-state index in [0.717, 1.165) is 7.11 Å². The molecule has 0 saturated carbocycles. The third-order valence-electron chi connectivity index (χ3n) is 5.85. The molecule has 12 nitrogen and oxygen atoms in total. The molecule has 2 atom stereocenters. The number of carbonyl (C=O) groups is 6. The molecule has 0 aromatic carbocycles. The molecule has 32 heavy (non-hydrogen) atoms. The van der Waals surface area contributed by atoms with Crippen LogP contribution in [0, 0.1) is 0 Å². The van der Waals surface area contributed by atoms with Gasteiger partial charge < -0.3 is 30.7 Å². The van der Waals surface area contributed by atoms with E-state index in [0.29, 0.717) is 38.6 Å². The Hall–Kier alpha value is -3.18. The van der Waals surface area contributed by atoms with Crippen molar-refractivity contribution in [3.05, 3.63) is 0 Å². The number of esters is 2. The van der Waals surface area contributed by atoms with Crippen LogP contribution in [0.5, 0.6) is 0 Å². The van der Waals surface area contributed by atoms with Crippen molar-refractivity contribution in [2.75, 3.05) is 26.8 Å². The van der Waals surface area contributed by atoms with Gasteiger partial charge in [0.25, 0.3) is 11.8 Å². The normalized spacial score (nSPS) is 22.5. The summed E-state index contributed by atoms with van der Waals surface area (Å²) in [5, 5.41) is 0. The molecule has 2 aliphatic rings. The van der Waals surface area contributed by atoms with Gasteiger partial charge >= 0.3 is 11.9 Å². The monoisotopic (exact) mass is 454 g/mol. The van der Waals surface area contributed by atoms with Crippen LogP contribution < -0.4 is 11.5 Å². The van der Waals surface area contributed by atoms with Crippen LogP contribution in [0.2, 0.25) is 0 Å². The summed E-state index contributed by atoms with van der Waals surface area (Å²) in [5.41, 5.74) is 8.61. The molecular formula is C20H30N4O8. The van der Waals surface area contributed by atoms with E-state index in [1.165, 1.54) is 9.80 Å². The maximum absolute atomic E-state index is 12.7. The summed E-state index contributed by atoms with van der Waals surface area (Å²) in [6.45, 7) is 0.0924. The number of unbranched alkanes of at least 4 members (excludes halogenated alkanes) is 1. The number of rotatable bonds is 10. The number of hydrogen-bond donors (Lipinski definition) is 2. The van der Waals surface area contributed by atoms with Gasteiger partial charge in [0.1, 0.15) is 6.04 Å². The number of methoxy groups -OCH3 is 1. The maximum atomic E-state index is 12.7. The molecule has 2 fully saturated rings. The lowest BCUT2D eigenvalue weighted by atomic mass is 9.94. The third-order valence-corrected chi connectivity index (χ3v) is 5.85. The number of primary amides is 2. The van der Waals surface area contributed by atoms with Gasteiger partial charge in [-0.05, 0) is 38.5 Å². The second-order valence-corrected chi connectivity index (χ2v) is 7.89. The van der Waals surface area contributed by atoms with Gasteiger partial charge in [-0.1, -0.05) is 0 Å². The van der Waals surface area contributed by atoms with Crippen LogP contribution in [0.3, 0.4) is 0 Å². The summed E-state index contributed by atoms with van der Waals surface area (Å²) in [4.78, 5) is 74.8. The van der Waals surface area contributed by atoms with E-state index >= 15 is 0 Å². The predicted octanol–water partition coefficient (Wildman–Crippen LogP) is -1.41. The Labute approximate surface area is 185 Å². The van der Waals surface area contributed by atoms with Crippen molar-refractivity contribution in [2.45, 2.75) is 62.9 Å². The highest BCUT2D eigenvalue weighted by Gasteiger charge is 2.55. The van der Waals surface area contributed by atoms with E-state index in [4.69, 9.17) is 20.9 Å². The summed E-state index contributed by atoms with van der Waals surface area (Å²) in [5.74, 6) is -3.87. The van der Waals surface area contributed by atoms with E-state index in [2.05, 4.69) is 0 Å². The van der Waals surface area contributed by atoms with Crippen LogP contribution >= 0.6 is 0 Å². The minimum atomic E-state index is -1.78. The molecule has 2 heterocycles. The van der Waals surface area contributed by atoms with Gasteiger partial charge in [0.2, 0.25) is 17.4 Å². The van der Waals surface area contributed by atoms with Crippen LogP contribution in [0.1, 0.15) is 51.4 Å². The minimum Gasteiger partial charge on any atom is -0.467 e. The average molecular weight is 454 g/mol. The van der Waals surface area contributed by atoms with Gasteiger partial charge in [-0.3, -0.25) is 19.2 Å². The summed E-state index contributed by atoms with van der Waals surface area (Å²) < 4.78 is 9.52. The van der Waals surface area contributed by atoms with Crippen molar-refractivity contribution in [3.8, 4) is 0 Å². The van der Waals surface area contributed by atoms with Crippen molar-refractivity contribution >= 4 is 35.6 Å². The Morgan fingerprint density at radius 3 is 2.22 bits per heavy atom. The standard InChI is InChI=1S/C20H30N4O8/c1-31-19(30)20(18(22)29)9-5-11-24(20)16(27)8-3-2-7-15(26)23-10-4-6-13(23)17(28)32-12-14(21)25/h13H,2-12H2,1H3,(H2,21,25)(H2,22,29)/t13-,20-/m1/s1. The van der Waals surface area contributed by atoms with E-state index in [-0.39, 0.29) is 31.7 Å². The molecule has 4 amide bonds. The fraction of sp³-hybridized carbons (Fsp3) is 0.700. The lowest BCUT2D eigenvalue weighted by Gasteiger charge is -2.33. The molecule has 0 aromatic rings. The molecule has 0 radical (unpaired) electrons. The first-order chi connectivity index (χ1) is 15.1. The Kier molecular flexibility index (Phi) is 8.56. The highest BCUT2D eigenvalue weighted by Crippen LogP contribution is 2.31. The van der Waals surface area contributed by atoms with Crippen LogP contribution in [0.25, 0.3) is 0 Å². The average Bonchev–Trinajstić information content (AvgIpc) is 3.42. The molecule has 12 heteroatoms. The molecule has 0 aromatic heterocycles. The second kappa shape index (κ2) is 10.9. The number of nitrogens with two attached hydrogens (primary N) is 2. The quantitative estimate of drug-likeness (QED) is 0.229. The van der Waals surface area contributed by atoms with E-state index in [1.807, 2.05) is 0 Å². The summed E-state index contributed by atoms with van der Waals surface area (Å²) in [7, 11) is 1.13. The number of hydrogen-bond acceptors (Lipinski definition) is 8. The minimum absolute atomic E-state index is 0.0311. The highest BCUT2D eigenvalue weighted by molar-refractivity contribution is 6.09. The van der Waals surface area contributed by atoms with Crippen molar-refractivity contribution in [1.82, 2.24) is 9.80 Å². The highest BCUT2D eigenvalue weighted by atomic mass is 16.5. The number of likely N-dealkylation sites (tertiary alicyclic amines) is 2. The van der Waals surface area contributed by atoms with E-state index in [9.17, 15) is 28.8 Å². The van der Waals surface area contributed by atoms with Crippen molar-refractivity contribution < 1.29 is 38.2 Å². The SMILES string of the molecule is COC(=O)[C@]1(C(N)=O)CCCN1C(=O)CCCCC(=O)N1CCC[C@@H]1C(=O)OCC(N)=O. The van der Waals surface area contributed by atoms with E-state index < -0.39 is 47.8 Å². The van der Waals surface area contributed by atoms with Crippen LogP contribution in [0.4, 0.5) is 0 Å². The van der Waals surface area contributed by atoms with Gasteiger partial charge in [0, 0.05) is 25.9 Å². The van der Waals surface area contributed by atoms with Gasteiger partial charge in [0.05, 0.1) is 7.11 Å². The van der Waals surface area contributed by atoms with E-state index in [1.54, 1.807) is 0 Å². The molecular weight excluding hydrogens is 424 g/mol. The van der Waals surface area contributed by atoms with Crippen molar-refractivity contribution in [3.63, 3.8) is 0 Å². The zero-order valence-corrected chi connectivity index (χ0v) is 18.2. The Morgan fingerprint density at radius 1 is 0.969 bits per heavy atom. The first-order valence-electron chi connectivity index (χ1n) is 10.6. The lowest BCUT2D eigenvalue weighted by Crippen LogP contribution is -2.61. The van der Waals surface area contributed by atoms with Crippen LogP contribution in [-0.4, -0.2) is 83.8 Å². The fourth-order valence-corrected chi connectivity index (χ4v) is 4.27. The molecule has 0 aliphatic carbocycles. The smallest absolute Gasteiger partial charge is 0.341 e. The summed E-state index contributed by atoms with van der Waals surface area (Å²) in [6.07, 6.45) is 2.51. The van der Waals surface area contributed by atoms with Gasteiger partial charge in [-0.2, -0.15) is 0 Å². The lowest BCUT2D eigenvalue weighted by molar-refractivity contribution is -0.164. The van der Waals surface area contributed by atoms with Gasteiger partial charge in [-0.15, -0.1) is 0 Å². The maximum Gasteiger partial charge on any atom is 0.341 e. The first-order valence-corrected chi connectivity index (χ1v) is 10.6. The predicted molar refractivity (Wildman–Crippen MR) is 108 cm³/mol. The number of carbonyl (C=O) groups excluding carboxylic acids is 6. The molecule has 4 N–H and O–H groups in total. The molecule has 0 unspecified atom stereocenters. The Balaban J connectivity index is 1.84. The van der Waals surface area contributed by atoms with Crippen LogP contribution in [0.15, 0.2) is 0 Å². The first kappa shape index (κ1) is 25.1. The van der Waals surface area contributed by atoms with Crippen LogP contribution in [-0.2, 0) is 38.2 Å². The zero-order valence-electron chi connectivity index (χ0n) is 18.2. The molecule has 178 valence electrons. The van der Waals surface area contributed by atoms with Gasteiger partial charge in [0.15, 0.2) is 6.61 Å². The molecule has 2 rings (SSSR count). The molecule has 2 aliphatic heterocycles. The fourth-order valence-electron chi connectivity index (χ4n) is 4.27. The zero-order chi connectivity index (χ0) is 23.9. The van der Waals surface area contributed by atoms with Crippen molar-refractivity contribution in [2.24, 2.45) is 11.5 Å².